The first kappa shape index (κ1) is 17.9. The van der Waals surface area contributed by atoms with Gasteiger partial charge in [0.15, 0.2) is 0 Å². The van der Waals surface area contributed by atoms with Gasteiger partial charge in [-0.3, -0.25) is 14.6 Å². The number of carbonyl (C=O) groups is 2. The molecule has 1 aliphatic heterocycles. The van der Waals surface area contributed by atoms with Crippen molar-refractivity contribution in [2.45, 2.75) is 32.9 Å². The minimum Gasteiger partial charge on any atom is -0.489 e. The van der Waals surface area contributed by atoms with Crippen LogP contribution in [0.3, 0.4) is 0 Å². The number of para-hydroxylation sites is 2. The number of pyridine rings is 1. The normalized spacial score (nSPS) is 16.8. The molecule has 1 atom stereocenters. The molecular formula is C20H23N3O3. The number of amides is 2. The maximum atomic E-state index is 12.6. The van der Waals surface area contributed by atoms with E-state index in [1.165, 1.54) is 0 Å². The summed E-state index contributed by atoms with van der Waals surface area (Å²) in [7, 11) is 0. The Labute approximate surface area is 153 Å². The number of likely N-dealkylation sites (tertiary alicyclic amines) is 1. The Hall–Kier alpha value is -2.89. The highest BCUT2D eigenvalue weighted by Crippen LogP contribution is 2.27. The van der Waals surface area contributed by atoms with Crippen LogP contribution in [0, 0.1) is 5.92 Å². The van der Waals surface area contributed by atoms with E-state index in [0.29, 0.717) is 24.5 Å². The molecule has 1 N–H and O–H groups in total. The maximum absolute atomic E-state index is 12.6. The Kier molecular flexibility index (Phi) is 5.51. The SMILES string of the molecule is CC(C)Oc1ccccc1NC(=O)C1CC(=O)N(Cc2cccnc2)C1. The molecule has 2 aromatic rings. The van der Waals surface area contributed by atoms with Gasteiger partial charge in [0.1, 0.15) is 5.75 Å². The number of hydrogen-bond donors (Lipinski definition) is 1. The van der Waals surface area contributed by atoms with Crippen molar-refractivity contribution in [2.24, 2.45) is 5.92 Å². The molecule has 0 radical (unpaired) electrons. The second-order valence-electron chi connectivity index (χ2n) is 6.69. The fourth-order valence-electron chi connectivity index (χ4n) is 2.97. The summed E-state index contributed by atoms with van der Waals surface area (Å²) in [5.74, 6) is 0.0891. The van der Waals surface area contributed by atoms with E-state index < -0.39 is 0 Å². The average Bonchev–Trinajstić information content (AvgIpc) is 2.98. The van der Waals surface area contributed by atoms with E-state index in [0.717, 1.165) is 5.56 Å². The lowest BCUT2D eigenvalue weighted by Gasteiger charge is -2.18. The summed E-state index contributed by atoms with van der Waals surface area (Å²) >= 11 is 0. The molecule has 0 bridgehead atoms. The number of carbonyl (C=O) groups excluding carboxylic acids is 2. The number of nitrogens with zero attached hydrogens (tertiary/aromatic N) is 2. The number of ether oxygens (including phenoxy) is 1. The standard InChI is InChI=1S/C20H23N3O3/c1-14(2)26-18-8-4-3-7-17(18)22-20(25)16-10-19(24)23(13-16)12-15-6-5-9-21-11-15/h3-9,11,14,16H,10,12-13H2,1-2H3,(H,22,25). The number of aromatic nitrogens is 1. The molecule has 0 aliphatic carbocycles. The average molecular weight is 353 g/mol. The van der Waals surface area contributed by atoms with Crippen LogP contribution in [0.5, 0.6) is 5.75 Å². The fraction of sp³-hybridized carbons (Fsp3) is 0.350. The van der Waals surface area contributed by atoms with Gasteiger partial charge in [-0.2, -0.15) is 0 Å². The molecular weight excluding hydrogens is 330 g/mol. The number of hydrogen-bond acceptors (Lipinski definition) is 4. The smallest absolute Gasteiger partial charge is 0.229 e. The predicted molar refractivity (Wildman–Crippen MR) is 98.6 cm³/mol. The third kappa shape index (κ3) is 4.39. The summed E-state index contributed by atoms with van der Waals surface area (Å²) in [5.41, 5.74) is 1.59. The summed E-state index contributed by atoms with van der Waals surface area (Å²) in [6.07, 6.45) is 3.66. The van der Waals surface area contributed by atoms with Gasteiger partial charge in [0, 0.05) is 31.9 Å². The van der Waals surface area contributed by atoms with Crippen LogP contribution in [-0.4, -0.2) is 34.3 Å². The highest BCUT2D eigenvalue weighted by molar-refractivity contribution is 5.98. The van der Waals surface area contributed by atoms with E-state index in [2.05, 4.69) is 10.3 Å². The lowest BCUT2D eigenvalue weighted by atomic mass is 10.1. The molecule has 2 heterocycles. The fourth-order valence-corrected chi connectivity index (χ4v) is 2.97. The number of benzene rings is 1. The van der Waals surface area contributed by atoms with Crippen molar-refractivity contribution in [3.8, 4) is 5.75 Å². The number of nitrogens with one attached hydrogen (secondary N) is 1. The largest absolute Gasteiger partial charge is 0.489 e. The van der Waals surface area contributed by atoms with Crippen LogP contribution in [0.15, 0.2) is 48.8 Å². The van der Waals surface area contributed by atoms with Crippen molar-refractivity contribution in [1.82, 2.24) is 9.88 Å². The third-order valence-electron chi connectivity index (χ3n) is 4.19. The zero-order valence-corrected chi connectivity index (χ0v) is 15.0. The summed E-state index contributed by atoms with van der Waals surface area (Å²) in [4.78, 5) is 30.7. The van der Waals surface area contributed by atoms with Crippen molar-refractivity contribution in [3.05, 3.63) is 54.4 Å². The van der Waals surface area contributed by atoms with Crippen LogP contribution in [-0.2, 0) is 16.1 Å². The predicted octanol–water partition coefficient (Wildman–Crippen LogP) is 2.86. The molecule has 1 unspecified atom stereocenters. The molecule has 6 nitrogen and oxygen atoms in total. The maximum Gasteiger partial charge on any atom is 0.229 e. The van der Waals surface area contributed by atoms with Gasteiger partial charge in [0.05, 0.1) is 17.7 Å². The molecule has 6 heteroatoms. The lowest BCUT2D eigenvalue weighted by molar-refractivity contribution is -0.128. The Morgan fingerprint density at radius 3 is 2.85 bits per heavy atom. The molecule has 136 valence electrons. The second kappa shape index (κ2) is 7.99. The molecule has 1 fully saturated rings. The molecule has 1 aliphatic rings. The first-order chi connectivity index (χ1) is 12.5. The van der Waals surface area contributed by atoms with Crippen LogP contribution in [0.25, 0.3) is 0 Å². The van der Waals surface area contributed by atoms with Gasteiger partial charge in [0.2, 0.25) is 11.8 Å². The Morgan fingerprint density at radius 2 is 2.12 bits per heavy atom. The molecule has 1 aromatic carbocycles. The molecule has 1 saturated heterocycles. The van der Waals surface area contributed by atoms with Gasteiger partial charge in [-0.05, 0) is 37.6 Å². The van der Waals surface area contributed by atoms with Gasteiger partial charge in [-0.15, -0.1) is 0 Å². The van der Waals surface area contributed by atoms with Gasteiger partial charge in [-0.25, -0.2) is 0 Å². The first-order valence-corrected chi connectivity index (χ1v) is 8.76. The van der Waals surface area contributed by atoms with Crippen LogP contribution in [0.2, 0.25) is 0 Å². The lowest BCUT2D eigenvalue weighted by Crippen LogP contribution is -2.28. The summed E-state index contributed by atoms with van der Waals surface area (Å²) < 4.78 is 5.73. The van der Waals surface area contributed by atoms with Crippen LogP contribution in [0.1, 0.15) is 25.8 Å². The minimum atomic E-state index is -0.369. The van der Waals surface area contributed by atoms with Crippen LogP contribution >= 0.6 is 0 Å². The monoisotopic (exact) mass is 353 g/mol. The second-order valence-corrected chi connectivity index (χ2v) is 6.69. The van der Waals surface area contributed by atoms with Gasteiger partial charge in [-0.1, -0.05) is 18.2 Å². The summed E-state index contributed by atoms with van der Waals surface area (Å²) in [6.45, 7) is 4.76. The Morgan fingerprint density at radius 1 is 1.31 bits per heavy atom. The van der Waals surface area contributed by atoms with Gasteiger partial charge >= 0.3 is 0 Å². The van der Waals surface area contributed by atoms with Gasteiger partial charge in [0.25, 0.3) is 0 Å². The quantitative estimate of drug-likeness (QED) is 0.867. The van der Waals surface area contributed by atoms with Crippen molar-refractivity contribution >= 4 is 17.5 Å². The van der Waals surface area contributed by atoms with Crippen LogP contribution in [0.4, 0.5) is 5.69 Å². The van der Waals surface area contributed by atoms with E-state index in [1.54, 1.807) is 23.4 Å². The van der Waals surface area contributed by atoms with E-state index in [4.69, 9.17) is 4.74 Å². The molecule has 1 aromatic heterocycles. The zero-order chi connectivity index (χ0) is 18.5. The summed E-state index contributed by atoms with van der Waals surface area (Å²) in [5, 5.41) is 2.91. The molecule has 26 heavy (non-hydrogen) atoms. The number of anilines is 1. The van der Waals surface area contributed by atoms with Crippen molar-refractivity contribution in [3.63, 3.8) is 0 Å². The van der Waals surface area contributed by atoms with Crippen molar-refractivity contribution in [2.75, 3.05) is 11.9 Å². The molecule has 0 saturated carbocycles. The number of rotatable bonds is 6. The highest BCUT2D eigenvalue weighted by Gasteiger charge is 2.34. The molecule has 3 rings (SSSR count). The molecule has 0 spiro atoms. The topological polar surface area (TPSA) is 71.5 Å². The van der Waals surface area contributed by atoms with Gasteiger partial charge < -0.3 is 15.0 Å². The van der Waals surface area contributed by atoms with E-state index in [9.17, 15) is 9.59 Å². The highest BCUT2D eigenvalue weighted by atomic mass is 16.5. The van der Waals surface area contributed by atoms with E-state index in [1.807, 2.05) is 44.2 Å². The zero-order valence-electron chi connectivity index (χ0n) is 15.0. The van der Waals surface area contributed by atoms with Crippen molar-refractivity contribution < 1.29 is 14.3 Å². The third-order valence-corrected chi connectivity index (χ3v) is 4.19. The van der Waals surface area contributed by atoms with E-state index in [-0.39, 0.29) is 30.3 Å². The Bertz CT molecular complexity index is 777. The van der Waals surface area contributed by atoms with Crippen molar-refractivity contribution in [1.29, 1.82) is 0 Å². The van der Waals surface area contributed by atoms with Crippen LogP contribution < -0.4 is 10.1 Å². The van der Waals surface area contributed by atoms with E-state index >= 15 is 0 Å². The molecule has 2 amide bonds. The summed E-state index contributed by atoms with van der Waals surface area (Å²) in [6, 6.07) is 11.1. The Balaban J connectivity index is 1.63. The minimum absolute atomic E-state index is 0.0103. The first-order valence-electron chi connectivity index (χ1n) is 8.76.